The number of nitrogens with zero attached hydrogens (tertiary/aromatic N) is 2. The van der Waals surface area contributed by atoms with Gasteiger partial charge >= 0.3 is 0 Å². The van der Waals surface area contributed by atoms with E-state index in [1.165, 1.54) is 32.1 Å². The molecule has 1 saturated heterocycles. The van der Waals surface area contributed by atoms with Gasteiger partial charge in [0, 0.05) is 45.0 Å². The standard InChI is InChI=1S/C23H37N3O4/c1-18-15-21(27)22(23(28)24-9-6-10-25-11-13-30-14-12-25)20(17-29-2)26(18)16-19-7-4-3-5-8-19/h15,19H,3-14,16-17H2,1-2H3,(H,24,28). The molecule has 1 aliphatic carbocycles. The smallest absolute Gasteiger partial charge is 0.257 e. The molecule has 0 unspecified atom stereocenters. The van der Waals surface area contributed by atoms with Crippen molar-refractivity contribution in [1.29, 1.82) is 0 Å². The fourth-order valence-electron chi connectivity index (χ4n) is 4.66. The van der Waals surface area contributed by atoms with Crippen LogP contribution in [0, 0.1) is 12.8 Å². The monoisotopic (exact) mass is 419 g/mol. The number of ether oxygens (including phenoxy) is 2. The molecule has 168 valence electrons. The van der Waals surface area contributed by atoms with Gasteiger partial charge in [0.15, 0.2) is 5.43 Å². The number of carbonyl (C=O) groups is 1. The lowest BCUT2D eigenvalue weighted by molar-refractivity contribution is 0.0374. The number of hydrogen-bond donors (Lipinski definition) is 1. The molecule has 1 aliphatic heterocycles. The van der Waals surface area contributed by atoms with E-state index in [1.807, 2.05) is 6.92 Å². The average Bonchev–Trinajstić information content (AvgIpc) is 2.75. The number of amides is 1. The summed E-state index contributed by atoms with van der Waals surface area (Å²) in [7, 11) is 1.61. The van der Waals surface area contributed by atoms with Gasteiger partial charge in [0.1, 0.15) is 5.56 Å². The SMILES string of the molecule is COCc1c(C(=O)NCCCN2CCOCC2)c(=O)cc(C)n1CC1CCCCC1. The predicted molar refractivity (Wildman–Crippen MR) is 117 cm³/mol. The molecular weight excluding hydrogens is 382 g/mol. The Morgan fingerprint density at radius 2 is 1.97 bits per heavy atom. The highest BCUT2D eigenvalue weighted by Gasteiger charge is 2.23. The zero-order valence-corrected chi connectivity index (χ0v) is 18.6. The maximum absolute atomic E-state index is 13.0. The van der Waals surface area contributed by atoms with Crippen molar-refractivity contribution < 1.29 is 14.3 Å². The van der Waals surface area contributed by atoms with E-state index in [2.05, 4.69) is 14.8 Å². The van der Waals surface area contributed by atoms with E-state index in [0.717, 1.165) is 51.5 Å². The Balaban J connectivity index is 1.69. The van der Waals surface area contributed by atoms with Gasteiger partial charge in [0.2, 0.25) is 0 Å². The van der Waals surface area contributed by atoms with Crippen molar-refractivity contribution >= 4 is 5.91 Å². The molecule has 2 fully saturated rings. The summed E-state index contributed by atoms with van der Waals surface area (Å²) in [6, 6.07) is 1.60. The maximum Gasteiger partial charge on any atom is 0.257 e. The summed E-state index contributed by atoms with van der Waals surface area (Å²) < 4.78 is 12.9. The molecule has 2 heterocycles. The minimum Gasteiger partial charge on any atom is -0.379 e. The van der Waals surface area contributed by atoms with Crippen molar-refractivity contribution in [2.75, 3.05) is 46.5 Å². The Kier molecular flexibility index (Phi) is 8.90. The molecule has 7 heteroatoms. The van der Waals surface area contributed by atoms with Gasteiger partial charge in [-0.15, -0.1) is 0 Å². The van der Waals surface area contributed by atoms with Gasteiger partial charge in [0.05, 0.1) is 25.5 Å². The van der Waals surface area contributed by atoms with Gasteiger partial charge in [-0.05, 0) is 38.6 Å². The molecule has 3 rings (SSSR count). The highest BCUT2D eigenvalue weighted by atomic mass is 16.5. The summed E-state index contributed by atoms with van der Waals surface area (Å²) in [5, 5.41) is 2.96. The average molecular weight is 420 g/mol. The van der Waals surface area contributed by atoms with Crippen LogP contribution in [0.3, 0.4) is 0 Å². The molecule has 0 aromatic carbocycles. The lowest BCUT2D eigenvalue weighted by atomic mass is 9.89. The number of carbonyl (C=O) groups excluding carboxylic acids is 1. The van der Waals surface area contributed by atoms with Crippen LogP contribution >= 0.6 is 0 Å². The van der Waals surface area contributed by atoms with Crippen LogP contribution in [0.5, 0.6) is 0 Å². The second-order valence-electron chi connectivity index (χ2n) is 8.58. The van der Waals surface area contributed by atoms with E-state index in [9.17, 15) is 9.59 Å². The van der Waals surface area contributed by atoms with Crippen molar-refractivity contribution in [2.45, 2.75) is 58.6 Å². The lowest BCUT2D eigenvalue weighted by Gasteiger charge is -2.27. The number of rotatable bonds is 9. The zero-order chi connectivity index (χ0) is 21.3. The summed E-state index contributed by atoms with van der Waals surface area (Å²) in [5.74, 6) is 0.311. The van der Waals surface area contributed by atoms with Crippen molar-refractivity contribution in [3.05, 3.63) is 33.2 Å². The molecular formula is C23H37N3O4. The number of hydrogen-bond acceptors (Lipinski definition) is 5. The van der Waals surface area contributed by atoms with E-state index in [1.54, 1.807) is 13.2 Å². The fourth-order valence-corrected chi connectivity index (χ4v) is 4.66. The molecule has 0 spiro atoms. The van der Waals surface area contributed by atoms with Crippen LogP contribution in [0.15, 0.2) is 10.9 Å². The molecule has 1 saturated carbocycles. The second-order valence-corrected chi connectivity index (χ2v) is 8.58. The Labute approximate surface area is 179 Å². The first-order valence-corrected chi connectivity index (χ1v) is 11.4. The van der Waals surface area contributed by atoms with E-state index >= 15 is 0 Å². The van der Waals surface area contributed by atoms with Crippen LogP contribution in [0.4, 0.5) is 0 Å². The third-order valence-corrected chi connectivity index (χ3v) is 6.34. The molecule has 1 aromatic heterocycles. The molecule has 1 amide bonds. The number of morpholine rings is 1. The molecule has 7 nitrogen and oxygen atoms in total. The quantitative estimate of drug-likeness (QED) is 0.622. The third-order valence-electron chi connectivity index (χ3n) is 6.34. The van der Waals surface area contributed by atoms with Gasteiger partial charge in [0.25, 0.3) is 5.91 Å². The highest BCUT2D eigenvalue weighted by molar-refractivity contribution is 5.95. The summed E-state index contributed by atoms with van der Waals surface area (Å²) in [5.41, 5.74) is 1.63. The predicted octanol–water partition coefficient (Wildman–Crippen LogP) is 2.34. The van der Waals surface area contributed by atoms with Crippen molar-refractivity contribution in [3.8, 4) is 0 Å². The minimum absolute atomic E-state index is 0.217. The Hall–Kier alpha value is -1.70. The summed E-state index contributed by atoms with van der Waals surface area (Å²) in [6.45, 7) is 7.97. The van der Waals surface area contributed by atoms with Gasteiger partial charge in [-0.1, -0.05) is 19.3 Å². The van der Waals surface area contributed by atoms with Crippen molar-refractivity contribution in [3.63, 3.8) is 0 Å². The highest BCUT2D eigenvalue weighted by Crippen LogP contribution is 2.26. The van der Waals surface area contributed by atoms with E-state index in [0.29, 0.717) is 18.2 Å². The number of pyridine rings is 1. The Bertz CT molecular complexity index is 750. The zero-order valence-electron chi connectivity index (χ0n) is 18.6. The summed E-state index contributed by atoms with van der Waals surface area (Å²) in [4.78, 5) is 28.0. The third kappa shape index (κ3) is 6.15. The molecule has 0 bridgehead atoms. The van der Waals surface area contributed by atoms with E-state index in [4.69, 9.17) is 9.47 Å². The fraction of sp³-hybridized carbons (Fsp3) is 0.739. The second kappa shape index (κ2) is 11.6. The normalized spacial score (nSPS) is 18.5. The Morgan fingerprint density at radius 3 is 2.67 bits per heavy atom. The molecule has 0 radical (unpaired) electrons. The van der Waals surface area contributed by atoms with Crippen molar-refractivity contribution in [1.82, 2.24) is 14.8 Å². The van der Waals surface area contributed by atoms with Crippen LogP contribution < -0.4 is 10.7 Å². The molecule has 1 aromatic rings. The lowest BCUT2D eigenvalue weighted by Crippen LogP contribution is -2.39. The first-order valence-electron chi connectivity index (χ1n) is 11.4. The largest absolute Gasteiger partial charge is 0.379 e. The molecule has 30 heavy (non-hydrogen) atoms. The van der Waals surface area contributed by atoms with Crippen LogP contribution in [0.1, 0.15) is 60.3 Å². The molecule has 0 atom stereocenters. The minimum atomic E-state index is -0.286. The topological polar surface area (TPSA) is 72.8 Å². The number of nitrogens with one attached hydrogen (secondary N) is 1. The van der Waals surface area contributed by atoms with E-state index in [-0.39, 0.29) is 23.5 Å². The first kappa shape index (κ1) is 23.0. The number of aromatic nitrogens is 1. The van der Waals surface area contributed by atoms with Crippen LogP contribution in [-0.2, 0) is 22.6 Å². The first-order chi connectivity index (χ1) is 14.6. The summed E-state index contributed by atoms with van der Waals surface area (Å²) in [6.07, 6.45) is 7.11. The van der Waals surface area contributed by atoms with Crippen LogP contribution in [0.2, 0.25) is 0 Å². The number of methoxy groups -OCH3 is 1. The van der Waals surface area contributed by atoms with Crippen molar-refractivity contribution in [2.24, 2.45) is 5.92 Å². The maximum atomic E-state index is 13.0. The van der Waals surface area contributed by atoms with Gasteiger partial charge < -0.3 is 19.4 Å². The summed E-state index contributed by atoms with van der Waals surface area (Å²) >= 11 is 0. The van der Waals surface area contributed by atoms with Crippen LogP contribution in [-0.4, -0.2) is 61.9 Å². The number of aryl methyl sites for hydroxylation is 1. The Morgan fingerprint density at radius 1 is 1.23 bits per heavy atom. The van der Waals surface area contributed by atoms with E-state index < -0.39 is 0 Å². The van der Waals surface area contributed by atoms with Gasteiger partial charge in [-0.3, -0.25) is 14.5 Å². The van der Waals surface area contributed by atoms with Gasteiger partial charge in [-0.2, -0.15) is 0 Å². The molecule has 2 aliphatic rings. The van der Waals surface area contributed by atoms with Gasteiger partial charge in [-0.25, -0.2) is 0 Å². The molecule has 1 N–H and O–H groups in total. The van der Waals surface area contributed by atoms with Crippen LogP contribution in [0.25, 0.3) is 0 Å².